The van der Waals surface area contributed by atoms with Gasteiger partial charge in [-0.2, -0.15) is 0 Å². The van der Waals surface area contributed by atoms with Gasteiger partial charge in [0.05, 0.1) is 25.2 Å². The third kappa shape index (κ3) is 6.74. The maximum absolute atomic E-state index is 12.4. The van der Waals surface area contributed by atoms with Crippen molar-refractivity contribution in [2.45, 2.75) is 25.7 Å². The number of piperidine rings is 1. The van der Waals surface area contributed by atoms with Crippen LogP contribution in [0.5, 0.6) is 0 Å². The fraction of sp³-hybridized carbons (Fsp3) is 0.933. The smallest absolute Gasteiger partial charge is 0.228 e. The number of hydrogen-bond acceptors (Lipinski definition) is 5. The first kappa shape index (κ1) is 18.4. The van der Waals surface area contributed by atoms with Gasteiger partial charge in [0.1, 0.15) is 0 Å². The van der Waals surface area contributed by atoms with Crippen molar-refractivity contribution in [3.63, 3.8) is 0 Å². The highest BCUT2D eigenvalue weighted by Gasteiger charge is 2.39. The lowest BCUT2D eigenvalue weighted by atomic mass is 9.78. The van der Waals surface area contributed by atoms with E-state index in [1.165, 1.54) is 0 Å². The van der Waals surface area contributed by atoms with Crippen molar-refractivity contribution >= 4 is 5.91 Å². The molecule has 0 saturated carbocycles. The molecule has 0 unspecified atom stereocenters. The van der Waals surface area contributed by atoms with Crippen LogP contribution in [0.3, 0.4) is 0 Å². The Bertz CT molecular complexity index is 275. The standard InChI is InChI=1S/C15H30N2O4/c1-19-11-12-21-10-4-3-7-17-14(18)15(13-20-2)5-8-16-9-6-15/h16H,3-13H2,1-2H3,(H,17,18). The summed E-state index contributed by atoms with van der Waals surface area (Å²) in [6.07, 6.45) is 3.56. The van der Waals surface area contributed by atoms with Gasteiger partial charge < -0.3 is 24.8 Å². The van der Waals surface area contributed by atoms with Gasteiger partial charge >= 0.3 is 0 Å². The van der Waals surface area contributed by atoms with Crippen molar-refractivity contribution in [3.8, 4) is 0 Å². The lowest BCUT2D eigenvalue weighted by molar-refractivity contribution is -0.136. The van der Waals surface area contributed by atoms with Crippen molar-refractivity contribution in [2.24, 2.45) is 5.41 Å². The quantitative estimate of drug-likeness (QED) is 0.546. The molecule has 1 aliphatic heterocycles. The molecule has 21 heavy (non-hydrogen) atoms. The molecule has 1 amide bonds. The Labute approximate surface area is 127 Å². The van der Waals surface area contributed by atoms with Crippen LogP contribution in [-0.4, -0.2) is 66.2 Å². The number of hydrogen-bond donors (Lipinski definition) is 2. The zero-order valence-electron chi connectivity index (χ0n) is 13.4. The van der Waals surface area contributed by atoms with Crippen LogP contribution in [0.1, 0.15) is 25.7 Å². The van der Waals surface area contributed by atoms with Gasteiger partial charge in [-0.1, -0.05) is 0 Å². The number of carbonyl (C=O) groups excluding carboxylic acids is 1. The van der Waals surface area contributed by atoms with Gasteiger partial charge in [0.2, 0.25) is 5.91 Å². The number of carbonyl (C=O) groups is 1. The molecule has 124 valence electrons. The third-order valence-corrected chi connectivity index (χ3v) is 3.90. The monoisotopic (exact) mass is 302 g/mol. The van der Waals surface area contributed by atoms with Gasteiger partial charge in [-0.3, -0.25) is 4.79 Å². The summed E-state index contributed by atoms with van der Waals surface area (Å²) in [6, 6.07) is 0. The Hall–Kier alpha value is -0.690. The summed E-state index contributed by atoms with van der Waals surface area (Å²) >= 11 is 0. The van der Waals surface area contributed by atoms with E-state index in [1.54, 1.807) is 14.2 Å². The molecule has 6 heteroatoms. The predicted molar refractivity (Wildman–Crippen MR) is 81.4 cm³/mol. The number of ether oxygens (including phenoxy) is 3. The molecule has 1 aliphatic rings. The number of unbranched alkanes of at least 4 members (excludes halogenated alkanes) is 1. The van der Waals surface area contributed by atoms with E-state index in [-0.39, 0.29) is 11.3 Å². The van der Waals surface area contributed by atoms with Gasteiger partial charge in [-0.25, -0.2) is 0 Å². The van der Waals surface area contributed by atoms with E-state index in [9.17, 15) is 4.79 Å². The molecule has 1 rings (SSSR count). The average Bonchev–Trinajstić information content (AvgIpc) is 2.51. The fourth-order valence-electron chi connectivity index (χ4n) is 2.58. The lowest BCUT2D eigenvalue weighted by Gasteiger charge is -2.35. The largest absolute Gasteiger partial charge is 0.384 e. The van der Waals surface area contributed by atoms with Crippen LogP contribution in [0, 0.1) is 5.41 Å². The molecule has 0 aliphatic carbocycles. The summed E-state index contributed by atoms with van der Waals surface area (Å²) in [5.74, 6) is 0.131. The van der Waals surface area contributed by atoms with Crippen LogP contribution >= 0.6 is 0 Å². The van der Waals surface area contributed by atoms with Gasteiger partial charge in [-0.15, -0.1) is 0 Å². The van der Waals surface area contributed by atoms with E-state index in [2.05, 4.69) is 10.6 Å². The summed E-state index contributed by atoms with van der Waals surface area (Å²) < 4.78 is 15.6. The molecule has 2 N–H and O–H groups in total. The van der Waals surface area contributed by atoms with Crippen molar-refractivity contribution in [1.29, 1.82) is 0 Å². The molecule has 0 aromatic carbocycles. The van der Waals surface area contributed by atoms with Crippen LogP contribution in [0.2, 0.25) is 0 Å². The third-order valence-electron chi connectivity index (χ3n) is 3.90. The van der Waals surface area contributed by atoms with E-state index < -0.39 is 0 Å². The maximum atomic E-state index is 12.4. The van der Waals surface area contributed by atoms with Crippen LogP contribution < -0.4 is 10.6 Å². The second-order valence-corrected chi connectivity index (χ2v) is 5.53. The van der Waals surface area contributed by atoms with E-state index >= 15 is 0 Å². The van der Waals surface area contributed by atoms with Gasteiger partial charge in [-0.05, 0) is 38.8 Å². The minimum absolute atomic E-state index is 0.131. The van der Waals surface area contributed by atoms with Crippen molar-refractivity contribution in [1.82, 2.24) is 10.6 Å². The molecule has 0 spiro atoms. The Kier molecular flexibility index (Phi) is 9.58. The number of nitrogens with one attached hydrogen (secondary N) is 2. The first-order valence-corrected chi connectivity index (χ1v) is 7.80. The molecule has 0 bridgehead atoms. The van der Waals surface area contributed by atoms with E-state index in [1.807, 2.05) is 0 Å². The summed E-state index contributed by atoms with van der Waals surface area (Å²) in [6.45, 7) is 4.93. The van der Waals surface area contributed by atoms with E-state index in [4.69, 9.17) is 14.2 Å². The fourth-order valence-corrected chi connectivity index (χ4v) is 2.58. The lowest BCUT2D eigenvalue weighted by Crippen LogP contribution is -2.50. The normalized spacial score (nSPS) is 17.6. The molecule has 1 saturated heterocycles. The molecule has 0 aromatic heterocycles. The van der Waals surface area contributed by atoms with E-state index in [0.29, 0.717) is 33.0 Å². The predicted octanol–water partition coefficient (Wildman–Crippen LogP) is 0.562. The van der Waals surface area contributed by atoms with Crippen LogP contribution in [0.15, 0.2) is 0 Å². The maximum Gasteiger partial charge on any atom is 0.228 e. The summed E-state index contributed by atoms with van der Waals surface area (Å²) in [5.41, 5.74) is -0.352. The zero-order valence-corrected chi connectivity index (χ0v) is 13.4. The minimum atomic E-state index is -0.352. The average molecular weight is 302 g/mol. The summed E-state index contributed by atoms with van der Waals surface area (Å²) in [7, 11) is 3.32. The molecule has 1 heterocycles. The van der Waals surface area contributed by atoms with Gasteiger partial charge in [0.15, 0.2) is 0 Å². The highest BCUT2D eigenvalue weighted by molar-refractivity contribution is 5.82. The first-order valence-electron chi connectivity index (χ1n) is 7.80. The molecule has 1 fully saturated rings. The van der Waals surface area contributed by atoms with Crippen molar-refractivity contribution < 1.29 is 19.0 Å². The Morgan fingerprint density at radius 3 is 2.52 bits per heavy atom. The van der Waals surface area contributed by atoms with Crippen LogP contribution in [0.25, 0.3) is 0 Å². The SMILES string of the molecule is COCCOCCCCNC(=O)C1(COC)CCNCC1. The Morgan fingerprint density at radius 2 is 1.86 bits per heavy atom. The highest BCUT2D eigenvalue weighted by atomic mass is 16.5. The molecular formula is C15H30N2O4. The molecule has 0 aromatic rings. The number of amides is 1. The molecule has 0 atom stereocenters. The van der Waals surface area contributed by atoms with Crippen molar-refractivity contribution in [2.75, 3.05) is 60.3 Å². The zero-order chi connectivity index (χ0) is 15.4. The topological polar surface area (TPSA) is 68.8 Å². The second kappa shape index (κ2) is 11.0. The molecule has 6 nitrogen and oxygen atoms in total. The van der Waals surface area contributed by atoms with Crippen LogP contribution in [-0.2, 0) is 19.0 Å². The van der Waals surface area contributed by atoms with Gasteiger partial charge in [0, 0.05) is 27.4 Å². The minimum Gasteiger partial charge on any atom is -0.384 e. The number of methoxy groups -OCH3 is 2. The van der Waals surface area contributed by atoms with Gasteiger partial charge in [0.25, 0.3) is 0 Å². The first-order chi connectivity index (χ1) is 10.2. The number of rotatable bonds is 11. The highest BCUT2D eigenvalue weighted by Crippen LogP contribution is 2.29. The summed E-state index contributed by atoms with van der Waals surface area (Å²) in [4.78, 5) is 12.4. The summed E-state index contributed by atoms with van der Waals surface area (Å²) in [5, 5.41) is 6.34. The van der Waals surface area contributed by atoms with Crippen molar-refractivity contribution in [3.05, 3.63) is 0 Å². The van der Waals surface area contributed by atoms with Crippen LogP contribution in [0.4, 0.5) is 0 Å². The second-order valence-electron chi connectivity index (χ2n) is 5.53. The van der Waals surface area contributed by atoms with E-state index in [0.717, 1.165) is 38.8 Å². The molecule has 0 radical (unpaired) electrons. The molecular weight excluding hydrogens is 272 g/mol. The Balaban J connectivity index is 2.16. The Morgan fingerprint density at radius 1 is 1.10 bits per heavy atom.